The number of anilines is 3. The van der Waals surface area contributed by atoms with Crippen molar-refractivity contribution >= 4 is 33.1 Å². The highest BCUT2D eigenvalue weighted by atomic mass is 32.2. The van der Waals surface area contributed by atoms with Crippen molar-refractivity contribution < 1.29 is 17.9 Å². The van der Waals surface area contributed by atoms with Gasteiger partial charge in [-0.3, -0.25) is 9.69 Å². The van der Waals surface area contributed by atoms with Crippen LogP contribution in [0.3, 0.4) is 0 Å². The quantitative estimate of drug-likeness (QED) is 0.575. The van der Waals surface area contributed by atoms with Gasteiger partial charge in [-0.15, -0.1) is 0 Å². The number of sulfone groups is 1. The third kappa shape index (κ3) is 5.15. The minimum atomic E-state index is -2.99. The van der Waals surface area contributed by atoms with Crippen molar-refractivity contribution in [3.63, 3.8) is 0 Å². The molecule has 4 aliphatic rings. The highest BCUT2D eigenvalue weighted by Gasteiger charge is 2.36. The largest absolute Gasteiger partial charge is 0.486 e. The molecule has 11 heteroatoms. The molecule has 0 atom stereocenters. The van der Waals surface area contributed by atoms with Crippen LogP contribution in [0.25, 0.3) is 0 Å². The molecular formula is C28H34N6O4S. The molecule has 3 fully saturated rings. The lowest BCUT2D eigenvalue weighted by atomic mass is 9.87. The number of fused-ring (bicyclic) bond motifs is 2. The summed E-state index contributed by atoms with van der Waals surface area (Å²) < 4.78 is 30.1. The fraction of sp³-hybridized carbons (Fsp3) is 0.536. The van der Waals surface area contributed by atoms with Crippen LogP contribution in [0.4, 0.5) is 17.3 Å². The molecule has 3 saturated heterocycles. The zero-order valence-corrected chi connectivity index (χ0v) is 23.3. The summed E-state index contributed by atoms with van der Waals surface area (Å²) >= 11 is 0. The van der Waals surface area contributed by atoms with Crippen LogP contribution < -0.4 is 15.0 Å². The lowest BCUT2D eigenvalue weighted by Crippen LogP contribution is -2.54. The SMILES string of the molecule is CC#CC(=O)N1CCC(N2CC(c3cc(C)c4c(c3)Nc3ncnc(N5CCS(=O)(=O)CC5)c3CO4)C2)CC1. The predicted octanol–water partition coefficient (Wildman–Crippen LogP) is 2.07. The van der Waals surface area contributed by atoms with Crippen molar-refractivity contribution in [2.75, 3.05) is 61.0 Å². The topological polar surface area (TPSA) is 108 Å². The first-order chi connectivity index (χ1) is 18.8. The number of likely N-dealkylation sites (tertiary alicyclic amines) is 2. The highest BCUT2D eigenvalue weighted by molar-refractivity contribution is 7.91. The minimum Gasteiger partial charge on any atom is -0.486 e. The van der Waals surface area contributed by atoms with Crippen LogP contribution in [0.15, 0.2) is 18.5 Å². The zero-order valence-electron chi connectivity index (χ0n) is 22.4. The standard InChI is InChI=1S/C28H34N6O4S/c1-3-4-25(35)32-7-5-22(6-8-32)34-15-21(16-34)20-13-19(2)26-24(14-20)31-27-23(17-38-26)28(30-18-29-27)33-9-11-39(36,37)12-10-33/h13-14,18,21-22H,5-12,15-17H2,1-2H3,(H,29,30,31). The van der Waals surface area contributed by atoms with Crippen molar-refractivity contribution in [2.45, 2.75) is 45.3 Å². The van der Waals surface area contributed by atoms with Crippen molar-refractivity contribution in [3.05, 3.63) is 35.2 Å². The van der Waals surface area contributed by atoms with Crippen LogP contribution in [0.2, 0.25) is 0 Å². The second-order valence-electron chi connectivity index (χ2n) is 10.8. The Kier molecular flexibility index (Phi) is 6.85. The Morgan fingerprint density at radius 2 is 1.85 bits per heavy atom. The number of aryl methyl sites for hydroxylation is 1. The van der Waals surface area contributed by atoms with Crippen LogP contribution in [-0.2, 0) is 21.2 Å². The number of nitrogens with one attached hydrogen (secondary N) is 1. The molecule has 4 aliphatic heterocycles. The van der Waals surface area contributed by atoms with Crippen molar-refractivity contribution in [1.82, 2.24) is 19.8 Å². The molecule has 1 aromatic carbocycles. The van der Waals surface area contributed by atoms with E-state index in [0.717, 1.165) is 67.4 Å². The first kappa shape index (κ1) is 25.9. The monoisotopic (exact) mass is 550 g/mol. The fourth-order valence-corrected chi connectivity index (χ4v) is 7.28. The number of aromatic nitrogens is 2. The van der Waals surface area contributed by atoms with Crippen LogP contribution in [0, 0.1) is 18.8 Å². The van der Waals surface area contributed by atoms with Crippen molar-refractivity contribution in [3.8, 4) is 17.6 Å². The van der Waals surface area contributed by atoms with E-state index in [2.05, 4.69) is 51.1 Å². The highest BCUT2D eigenvalue weighted by Crippen LogP contribution is 2.42. The van der Waals surface area contributed by atoms with E-state index in [9.17, 15) is 13.2 Å². The number of piperidine rings is 1. The molecule has 39 heavy (non-hydrogen) atoms. The Morgan fingerprint density at radius 3 is 2.56 bits per heavy atom. The Balaban J connectivity index is 1.14. The second-order valence-corrected chi connectivity index (χ2v) is 13.1. The maximum absolute atomic E-state index is 12.1. The van der Waals surface area contributed by atoms with Gasteiger partial charge >= 0.3 is 0 Å². The first-order valence-electron chi connectivity index (χ1n) is 13.6. The first-order valence-corrected chi connectivity index (χ1v) is 15.4. The third-order valence-corrected chi connectivity index (χ3v) is 9.97. The maximum atomic E-state index is 12.1. The minimum absolute atomic E-state index is 0.0598. The van der Waals surface area contributed by atoms with E-state index in [1.54, 1.807) is 6.92 Å². The molecule has 1 amide bonds. The molecule has 6 rings (SSSR count). The van der Waals surface area contributed by atoms with E-state index in [1.165, 1.54) is 11.9 Å². The Bertz CT molecular complexity index is 1440. The number of ether oxygens (including phenoxy) is 1. The molecule has 0 aliphatic carbocycles. The van der Waals surface area contributed by atoms with E-state index in [-0.39, 0.29) is 17.4 Å². The van der Waals surface area contributed by atoms with E-state index < -0.39 is 9.84 Å². The van der Waals surface area contributed by atoms with Gasteiger partial charge in [0, 0.05) is 51.2 Å². The van der Waals surface area contributed by atoms with E-state index in [0.29, 0.717) is 37.5 Å². The van der Waals surface area contributed by atoms with Gasteiger partial charge in [0.05, 0.1) is 22.8 Å². The molecule has 0 spiro atoms. The summed E-state index contributed by atoms with van der Waals surface area (Å²) in [5, 5.41) is 3.50. The van der Waals surface area contributed by atoms with E-state index >= 15 is 0 Å². The van der Waals surface area contributed by atoms with Crippen LogP contribution >= 0.6 is 0 Å². The van der Waals surface area contributed by atoms with E-state index in [4.69, 9.17) is 4.74 Å². The molecule has 0 saturated carbocycles. The number of amides is 1. The van der Waals surface area contributed by atoms with Gasteiger partial charge in [-0.05, 0) is 49.8 Å². The summed E-state index contributed by atoms with van der Waals surface area (Å²) in [6.45, 7) is 8.49. The lowest BCUT2D eigenvalue weighted by Gasteiger charge is -2.47. The number of rotatable bonds is 3. The summed E-state index contributed by atoms with van der Waals surface area (Å²) in [7, 11) is -2.99. The Morgan fingerprint density at radius 1 is 1.10 bits per heavy atom. The average molecular weight is 551 g/mol. The summed E-state index contributed by atoms with van der Waals surface area (Å²) in [5.41, 5.74) is 4.10. The van der Waals surface area contributed by atoms with Gasteiger partial charge in [0.25, 0.3) is 5.91 Å². The second kappa shape index (κ2) is 10.3. The molecule has 206 valence electrons. The van der Waals surface area contributed by atoms with Gasteiger partial charge in [0.2, 0.25) is 0 Å². The summed E-state index contributed by atoms with van der Waals surface area (Å²) in [4.78, 5) is 27.5. The van der Waals surface area contributed by atoms with Gasteiger partial charge in [-0.25, -0.2) is 18.4 Å². The van der Waals surface area contributed by atoms with E-state index in [1.807, 2.05) is 9.80 Å². The number of hydrogen-bond donors (Lipinski definition) is 1. The van der Waals surface area contributed by atoms with Gasteiger partial charge in [0.1, 0.15) is 30.3 Å². The summed E-state index contributed by atoms with van der Waals surface area (Å²) in [6.07, 6.45) is 3.51. The molecule has 1 aromatic heterocycles. The van der Waals surface area contributed by atoms with Crippen LogP contribution in [0.1, 0.15) is 42.4 Å². The zero-order chi connectivity index (χ0) is 27.1. The summed E-state index contributed by atoms with van der Waals surface area (Å²) in [5.74, 6) is 8.26. The molecule has 1 N–H and O–H groups in total. The lowest BCUT2D eigenvalue weighted by molar-refractivity contribution is -0.126. The van der Waals surface area contributed by atoms with Crippen molar-refractivity contribution in [2.24, 2.45) is 0 Å². The van der Waals surface area contributed by atoms with Gasteiger partial charge in [0.15, 0.2) is 9.84 Å². The Labute approximate surface area is 229 Å². The molecule has 0 radical (unpaired) electrons. The van der Waals surface area contributed by atoms with Gasteiger partial charge in [-0.2, -0.15) is 0 Å². The molecule has 2 aromatic rings. The number of carbonyl (C=O) groups excluding carboxylic acids is 1. The molecule has 10 nitrogen and oxygen atoms in total. The molecular weight excluding hydrogens is 516 g/mol. The molecule has 0 unspecified atom stereocenters. The fourth-order valence-electron chi connectivity index (χ4n) is 6.08. The molecule has 0 bridgehead atoms. The average Bonchev–Trinajstić information content (AvgIpc) is 3.08. The Hall–Kier alpha value is -3.36. The van der Waals surface area contributed by atoms with Gasteiger partial charge in [-0.1, -0.05) is 12.0 Å². The number of nitrogens with zero attached hydrogens (tertiary/aromatic N) is 5. The van der Waals surface area contributed by atoms with Crippen molar-refractivity contribution in [1.29, 1.82) is 0 Å². The van der Waals surface area contributed by atoms with Crippen LogP contribution in [0.5, 0.6) is 5.75 Å². The number of benzene rings is 1. The van der Waals surface area contributed by atoms with Gasteiger partial charge < -0.3 is 19.9 Å². The predicted molar refractivity (Wildman–Crippen MR) is 149 cm³/mol. The number of carbonyl (C=O) groups is 1. The number of hydrogen-bond acceptors (Lipinski definition) is 9. The third-order valence-electron chi connectivity index (χ3n) is 8.36. The summed E-state index contributed by atoms with van der Waals surface area (Å²) in [6, 6.07) is 4.92. The molecule has 5 heterocycles. The maximum Gasteiger partial charge on any atom is 0.298 e. The normalized spacial score (nSPS) is 21.3. The smallest absolute Gasteiger partial charge is 0.298 e. The van der Waals surface area contributed by atoms with Crippen LogP contribution in [-0.4, -0.2) is 90.9 Å².